The van der Waals surface area contributed by atoms with E-state index in [9.17, 15) is 0 Å². The molecule has 2 aromatic heterocycles. The number of nitrogens with zero attached hydrogens (tertiary/aromatic N) is 5. The summed E-state index contributed by atoms with van der Waals surface area (Å²) in [7, 11) is 0. The molecular weight excluding hydrogens is 302 g/mol. The Bertz CT molecular complexity index is 1000. The minimum Gasteiger partial charge on any atom is -0.339 e. The quantitative estimate of drug-likeness (QED) is 0.576. The third-order valence-electron chi connectivity index (χ3n) is 4.14. The van der Waals surface area contributed by atoms with Crippen LogP contribution in [0.2, 0.25) is 0 Å². The Balaban J connectivity index is 1.66. The molecule has 2 heterocycles. The molecule has 6 heteroatoms. The van der Waals surface area contributed by atoms with E-state index in [1.807, 2.05) is 41.9 Å². The summed E-state index contributed by atoms with van der Waals surface area (Å²) < 4.78 is 7.28. The summed E-state index contributed by atoms with van der Waals surface area (Å²) >= 11 is 0. The van der Waals surface area contributed by atoms with E-state index in [0.717, 1.165) is 23.1 Å². The first-order valence-corrected chi connectivity index (χ1v) is 7.95. The van der Waals surface area contributed by atoms with Crippen LogP contribution in [0.25, 0.3) is 22.4 Å². The predicted octanol–water partition coefficient (Wildman–Crippen LogP) is 3.40. The van der Waals surface area contributed by atoms with Gasteiger partial charge in [-0.15, -0.1) is 5.10 Å². The Morgan fingerprint density at radius 1 is 1.12 bits per heavy atom. The maximum atomic E-state index is 5.43. The molecule has 0 unspecified atom stereocenters. The van der Waals surface area contributed by atoms with Gasteiger partial charge < -0.3 is 4.52 Å². The Labute approximate surface area is 139 Å². The van der Waals surface area contributed by atoms with Gasteiger partial charge >= 0.3 is 0 Å². The number of hydrogen-bond donors (Lipinski definition) is 0. The van der Waals surface area contributed by atoms with Crippen LogP contribution >= 0.6 is 0 Å². The van der Waals surface area contributed by atoms with Crippen LogP contribution in [0, 0.1) is 6.92 Å². The van der Waals surface area contributed by atoms with Crippen LogP contribution < -0.4 is 0 Å². The van der Waals surface area contributed by atoms with E-state index in [-0.39, 0.29) is 0 Å². The average molecular weight is 319 g/mol. The Hall–Kier alpha value is -3.02. The van der Waals surface area contributed by atoms with Gasteiger partial charge in [0.25, 0.3) is 0 Å². The van der Waals surface area contributed by atoms with Gasteiger partial charge in [0.15, 0.2) is 0 Å². The lowest BCUT2D eigenvalue weighted by Gasteiger charge is -2.00. The first-order chi connectivity index (χ1) is 11.7. The zero-order chi connectivity index (χ0) is 16.5. The lowest BCUT2D eigenvalue weighted by Crippen LogP contribution is -1.96. The van der Waals surface area contributed by atoms with Crippen molar-refractivity contribution in [1.29, 1.82) is 0 Å². The molecule has 24 heavy (non-hydrogen) atoms. The van der Waals surface area contributed by atoms with Gasteiger partial charge in [0.2, 0.25) is 11.7 Å². The largest absolute Gasteiger partial charge is 0.339 e. The maximum Gasteiger partial charge on any atom is 0.231 e. The number of aromatic nitrogens is 5. The maximum absolute atomic E-state index is 5.43. The zero-order valence-electron chi connectivity index (χ0n) is 13.6. The van der Waals surface area contributed by atoms with Gasteiger partial charge in [0, 0.05) is 12.1 Å². The van der Waals surface area contributed by atoms with Crippen molar-refractivity contribution in [2.75, 3.05) is 0 Å². The molecule has 0 spiro atoms. The van der Waals surface area contributed by atoms with Crippen molar-refractivity contribution in [3.8, 4) is 11.4 Å². The van der Waals surface area contributed by atoms with Crippen molar-refractivity contribution in [2.24, 2.45) is 0 Å². The molecule has 0 bridgehead atoms. The zero-order valence-corrected chi connectivity index (χ0v) is 13.6. The standard InChI is InChI=1S/C18H17N5O/c1-3-23-16-10-14(8-9-15(16)20-22-23)18-19-17(24-21-18)11-13-7-5-4-6-12(13)2/h4-10H,3,11H2,1-2H3. The third kappa shape index (κ3) is 2.56. The van der Waals surface area contributed by atoms with Crippen LogP contribution in [0.1, 0.15) is 23.9 Å². The molecule has 0 fully saturated rings. The Morgan fingerprint density at radius 3 is 2.83 bits per heavy atom. The second-order valence-corrected chi connectivity index (χ2v) is 5.72. The second-order valence-electron chi connectivity index (χ2n) is 5.72. The molecule has 6 nitrogen and oxygen atoms in total. The van der Waals surface area contributed by atoms with Gasteiger partial charge in [-0.3, -0.25) is 0 Å². The fourth-order valence-corrected chi connectivity index (χ4v) is 2.75. The first kappa shape index (κ1) is 14.6. The molecule has 0 aliphatic carbocycles. The van der Waals surface area contributed by atoms with Crippen LogP contribution in [0.4, 0.5) is 0 Å². The minimum atomic E-state index is 0.587. The molecular formula is C18H17N5O. The van der Waals surface area contributed by atoms with E-state index >= 15 is 0 Å². The van der Waals surface area contributed by atoms with Gasteiger partial charge in [0.1, 0.15) is 5.52 Å². The normalized spacial score (nSPS) is 11.2. The molecule has 4 rings (SSSR count). The molecule has 2 aromatic carbocycles. The summed E-state index contributed by atoms with van der Waals surface area (Å²) in [6, 6.07) is 14.1. The van der Waals surface area contributed by atoms with Gasteiger partial charge in [0.05, 0.1) is 11.9 Å². The van der Waals surface area contributed by atoms with Crippen molar-refractivity contribution in [3.63, 3.8) is 0 Å². The van der Waals surface area contributed by atoms with E-state index in [4.69, 9.17) is 4.52 Å². The first-order valence-electron chi connectivity index (χ1n) is 7.95. The average Bonchev–Trinajstić information content (AvgIpc) is 3.23. The molecule has 0 radical (unpaired) electrons. The van der Waals surface area contributed by atoms with Crippen LogP contribution in [0.3, 0.4) is 0 Å². The SMILES string of the molecule is CCn1nnc2ccc(-c3noc(Cc4ccccc4C)n3)cc21. The van der Waals surface area contributed by atoms with Crippen molar-refractivity contribution >= 4 is 11.0 Å². The summed E-state index contributed by atoms with van der Waals surface area (Å²) in [5, 5.41) is 12.4. The van der Waals surface area contributed by atoms with Crippen molar-refractivity contribution in [2.45, 2.75) is 26.8 Å². The van der Waals surface area contributed by atoms with Gasteiger partial charge in [-0.1, -0.05) is 34.6 Å². The lowest BCUT2D eigenvalue weighted by molar-refractivity contribution is 0.385. The van der Waals surface area contributed by atoms with Crippen molar-refractivity contribution in [1.82, 2.24) is 25.1 Å². The molecule has 0 aliphatic heterocycles. The molecule has 0 aliphatic rings. The summed E-state index contributed by atoms with van der Waals surface area (Å²) in [4.78, 5) is 4.54. The minimum absolute atomic E-state index is 0.587. The number of fused-ring (bicyclic) bond motifs is 1. The van der Waals surface area contributed by atoms with Gasteiger partial charge in [-0.05, 0) is 43.2 Å². The summed E-state index contributed by atoms with van der Waals surface area (Å²) in [6.45, 7) is 4.89. The van der Waals surface area contributed by atoms with Crippen molar-refractivity contribution in [3.05, 3.63) is 59.5 Å². The molecule has 0 saturated heterocycles. The van der Waals surface area contributed by atoms with E-state index in [0.29, 0.717) is 18.1 Å². The van der Waals surface area contributed by atoms with Crippen LogP contribution in [-0.2, 0) is 13.0 Å². The number of rotatable bonds is 4. The van der Waals surface area contributed by atoms with E-state index < -0.39 is 0 Å². The predicted molar refractivity (Wildman–Crippen MR) is 90.5 cm³/mol. The van der Waals surface area contributed by atoms with Gasteiger partial charge in [-0.25, -0.2) is 4.68 Å². The smallest absolute Gasteiger partial charge is 0.231 e. The highest BCUT2D eigenvalue weighted by Crippen LogP contribution is 2.22. The Kier molecular flexibility index (Phi) is 3.57. The van der Waals surface area contributed by atoms with Crippen molar-refractivity contribution < 1.29 is 4.52 Å². The van der Waals surface area contributed by atoms with E-state index in [2.05, 4.69) is 39.5 Å². The highest BCUT2D eigenvalue weighted by atomic mass is 16.5. The molecule has 120 valence electrons. The fourth-order valence-electron chi connectivity index (χ4n) is 2.75. The molecule has 0 amide bonds. The number of aryl methyl sites for hydroxylation is 2. The molecule has 0 N–H and O–H groups in total. The Morgan fingerprint density at radius 2 is 2.00 bits per heavy atom. The molecule has 0 saturated carbocycles. The lowest BCUT2D eigenvalue weighted by atomic mass is 10.1. The monoisotopic (exact) mass is 319 g/mol. The summed E-state index contributed by atoms with van der Waals surface area (Å²) in [6.07, 6.45) is 0.635. The molecule has 4 aromatic rings. The highest BCUT2D eigenvalue weighted by Gasteiger charge is 2.12. The van der Waals surface area contributed by atoms with Crippen LogP contribution in [0.15, 0.2) is 47.0 Å². The second kappa shape index (κ2) is 5.88. The number of benzene rings is 2. The third-order valence-corrected chi connectivity index (χ3v) is 4.14. The summed E-state index contributed by atoms with van der Waals surface area (Å²) in [5.41, 5.74) is 5.15. The molecule has 0 atom stereocenters. The van der Waals surface area contributed by atoms with E-state index in [1.54, 1.807) is 0 Å². The highest BCUT2D eigenvalue weighted by molar-refractivity contribution is 5.79. The van der Waals surface area contributed by atoms with Gasteiger partial charge in [-0.2, -0.15) is 4.98 Å². The fraction of sp³-hybridized carbons (Fsp3) is 0.222. The summed E-state index contributed by atoms with van der Waals surface area (Å²) in [5.74, 6) is 1.20. The van der Waals surface area contributed by atoms with Crippen LogP contribution in [0.5, 0.6) is 0 Å². The van der Waals surface area contributed by atoms with E-state index in [1.165, 1.54) is 11.1 Å². The topological polar surface area (TPSA) is 69.6 Å². The van der Waals surface area contributed by atoms with Crippen LogP contribution in [-0.4, -0.2) is 25.1 Å². The number of hydrogen-bond acceptors (Lipinski definition) is 5.